The van der Waals surface area contributed by atoms with E-state index in [1.165, 1.54) is 23.0 Å². The van der Waals surface area contributed by atoms with Crippen LogP contribution in [0.4, 0.5) is 0 Å². The number of benzene rings is 1. The van der Waals surface area contributed by atoms with Gasteiger partial charge in [0.2, 0.25) is 0 Å². The van der Waals surface area contributed by atoms with Gasteiger partial charge in [0.25, 0.3) is 0 Å². The van der Waals surface area contributed by atoms with E-state index in [0.717, 1.165) is 6.42 Å². The standard InChI is InChI=1S/C13H18BrN/c1-10(2)13(6-7-15-13)9-11-4-3-5-12(14)8-11/h3-5,8,10,15H,6-7,9H2,1-2H3. The highest BCUT2D eigenvalue weighted by Gasteiger charge is 2.39. The molecule has 0 bridgehead atoms. The number of nitrogens with one attached hydrogen (secondary N) is 1. The molecule has 1 fully saturated rings. The lowest BCUT2D eigenvalue weighted by molar-refractivity contribution is 0.139. The molecule has 0 amide bonds. The Morgan fingerprint density at radius 1 is 1.47 bits per heavy atom. The highest BCUT2D eigenvalue weighted by Crippen LogP contribution is 2.32. The summed E-state index contributed by atoms with van der Waals surface area (Å²) >= 11 is 3.53. The largest absolute Gasteiger partial charge is 0.311 e. The van der Waals surface area contributed by atoms with Gasteiger partial charge in [0.1, 0.15) is 0 Å². The number of halogens is 1. The monoisotopic (exact) mass is 267 g/mol. The Labute approximate surface area is 100 Å². The highest BCUT2D eigenvalue weighted by atomic mass is 79.9. The van der Waals surface area contributed by atoms with Crippen molar-refractivity contribution >= 4 is 15.9 Å². The molecule has 1 atom stereocenters. The van der Waals surface area contributed by atoms with Crippen LogP contribution in [0.3, 0.4) is 0 Å². The van der Waals surface area contributed by atoms with E-state index in [0.29, 0.717) is 11.5 Å². The van der Waals surface area contributed by atoms with Crippen LogP contribution in [-0.4, -0.2) is 12.1 Å². The maximum Gasteiger partial charge on any atom is 0.0256 e. The molecule has 1 N–H and O–H groups in total. The molecule has 1 aliphatic rings. The Hall–Kier alpha value is -0.340. The second kappa shape index (κ2) is 4.26. The molecule has 0 spiro atoms. The highest BCUT2D eigenvalue weighted by molar-refractivity contribution is 9.10. The van der Waals surface area contributed by atoms with Crippen molar-refractivity contribution in [2.24, 2.45) is 5.92 Å². The zero-order valence-corrected chi connectivity index (χ0v) is 11.0. The predicted molar refractivity (Wildman–Crippen MR) is 68.0 cm³/mol. The molecule has 1 aromatic carbocycles. The maximum absolute atomic E-state index is 3.61. The van der Waals surface area contributed by atoms with Crippen LogP contribution in [0.15, 0.2) is 28.7 Å². The number of rotatable bonds is 3. The quantitative estimate of drug-likeness (QED) is 0.886. The van der Waals surface area contributed by atoms with E-state index in [-0.39, 0.29) is 0 Å². The molecule has 0 radical (unpaired) electrons. The van der Waals surface area contributed by atoms with E-state index in [4.69, 9.17) is 0 Å². The first-order chi connectivity index (χ1) is 7.12. The molecule has 0 aliphatic carbocycles. The van der Waals surface area contributed by atoms with Gasteiger partial charge in [0.05, 0.1) is 0 Å². The third-order valence-corrected chi connectivity index (χ3v) is 4.06. The van der Waals surface area contributed by atoms with Gasteiger partial charge >= 0.3 is 0 Å². The van der Waals surface area contributed by atoms with E-state index >= 15 is 0 Å². The zero-order chi connectivity index (χ0) is 10.9. The molecule has 2 heteroatoms. The zero-order valence-electron chi connectivity index (χ0n) is 9.39. The normalized spacial score (nSPS) is 25.3. The van der Waals surface area contributed by atoms with Crippen molar-refractivity contribution < 1.29 is 0 Å². The van der Waals surface area contributed by atoms with E-state index < -0.39 is 0 Å². The summed E-state index contributed by atoms with van der Waals surface area (Å²) in [5.41, 5.74) is 1.77. The fraction of sp³-hybridized carbons (Fsp3) is 0.538. The smallest absolute Gasteiger partial charge is 0.0256 e. The molecule has 1 heterocycles. The molecule has 2 rings (SSSR count). The summed E-state index contributed by atoms with van der Waals surface area (Å²) in [4.78, 5) is 0. The number of hydrogen-bond acceptors (Lipinski definition) is 1. The van der Waals surface area contributed by atoms with Crippen LogP contribution in [0.25, 0.3) is 0 Å². The molecule has 0 saturated carbocycles. The molecule has 1 aliphatic heterocycles. The predicted octanol–water partition coefficient (Wildman–Crippen LogP) is 3.38. The van der Waals surface area contributed by atoms with Crippen molar-refractivity contribution in [1.29, 1.82) is 0 Å². The Bertz CT molecular complexity index is 342. The topological polar surface area (TPSA) is 12.0 Å². The minimum Gasteiger partial charge on any atom is -0.311 e. The van der Waals surface area contributed by atoms with Crippen LogP contribution in [0.1, 0.15) is 25.8 Å². The summed E-state index contributed by atoms with van der Waals surface area (Å²) in [5.74, 6) is 0.699. The average molecular weight is 268 g/mol. The van der Waals surface area contributed by atoms with Crippen molar-refractivity contribution in [1.82, 2.24) is 5.32 Å². The van der Waals surface area contributed by atoms with Crippen LogP contribution in [0.5, 0.6) is 0 Å². The van der Waals surface area contributed by atoms with E-state index in [2.05, 4.69) is 59.4 Å². The lowest BCUT2D eigenvalue weighted by atomic mass is 9.73. The minimum atomic E-state index is 0.348. The first kappa shape index (κ1) is 11.2. The summed E-state index contributed by atoms with van der Waals surface area (Å²) in [6.07, 6.45) is 2.45. The lowest BCUT2D eigenvalue weighted by Crippen LogP contribution is -2.61. The first-order valence-corrected chi connectivity index (χ1v) is 6.41. The van der Waals surface area contributed by atoms with Crippen LogP contribution >= 0.6 is 15.9 Å². The van der Waals surface area contributed by atoms with E-state index in [1.54, 1.807) is 0 Å². The molecule has 15 heavy (non-hydrogen) atoms. The fourth-order valence-corrected chi connectivity index (χ4v) is 2.75. The van der Waals surface area contributed by atoms with Crippen molar-refractivity contribution in [3.8, 4) is 0 Å². The SMILES string of the molecule is CC(C)C1(Cc2cccc(Br)c2)CCN1. The molecule has 82 valence electrons. The van der Waals surface area contributed by atoms with E-state index in [9.17, 15) is 0 Å². The first-order valence-electron chi connectivity index (χ1n) is 5.62. The molecule has 1 aromatic rings. The van der Waals surface area contributed by atoms with Crippen LogP contribution < -0.4 is 5.32 Å². The fourth-order valence-electron chi connectivity index (χ4n) is 2.31. The van der Waals surface area contributed by atoms with Crippen LogP contribution in [-0.2, 0) is 6.42 Å². The Morgan fingerprint density at radius 3 is 2.67 bits per heavy atom. The summed E-state index contributed by atoms with van der Waals surface area (Å²) in [7, 11) is 0. The van der Waals surface area contributed by atoms with Gasteiger partial charge in [-0.3, -0.25) is 0 Å². The second-order valence-corrected chi connectivity index (χ2v) is 5.71. The van der Waals surface area contributed by atoms with Gasteiger partial charge in [-0.2, -0.15) is 0 Å². The summed E-state index contributed by atoms with van der Waals surface area (Å²) < 4.78 is 1.18. The summed E-state index contributed by atoms with van der Waals surface area (Å²) in [5, 5.41) is 3.61. The molecule has 1 saturated heterocycles. The van der Waals surface area contributed by atoms with Gasteiger partial charge in [0, 0.05) is 10.0 Å². The Morgan fingerprint density at radius 2 is 2.20 bits per heavy atom. The molecular formula is C13H18BrN. The molecular weight excluding hydrogens is 250 g/mol. The lowest BCUT2D eigenvalue weighted by Gasteiger charge is -2.47. The van der Waals surface area contributed by atoms with Gasteiger partial charge in [0.15, 0.2) is 0 Å². The van der Waals surface area contributed by atoms with Gasteiger partial charge < -0.3 is 5.32 Å². The Balaban J connectivity index is 2.13. The van der Waals surface area contributed by atoms with Gasteiger partial charge in [-0.15, -0.1) is 0 Å². The summed E-state index contributed by atoms with van der Waals surface area (Å²) in [6.45, 7) is 5.79. The van der Waals surface area contributed by atoms with Gasteiger partial charge in [-0.05, 0) is 43.0 Å². The van der Waals surface area contributed by atoms with Gasteiger partial charge in [-0.25, -0.2) is 0 Å². The minimum absolute atomic E-state index is 0.348. The van der Waals surface area contributed by atoms with Crippen LogP contribution in [0, 0.1) is 5.92 Å². The van der Waals surface area contributed by atoms with Crippen molar-refractivity contribution in [3.63, 3.8) is 0 Å². The second-order valence-electron chi connectivity index (χ2n) is 4.79. The third-order valence-electron chi connectivity index (χ3n) is 3.56. The van der Waals surface area contributed by atoms with Crippen molar-refractivity contribution in [2.75, 3.05) is 6.54 Å². The van der Waals surface area contributed by atoms with Gasteiger partial charge in [-0.1, -0.05) is 41.9 Å². The van der Waals surface area contributed by atoms with Crippen LogP contribution in [0.2, 0.25) is 0 Å². The van der Waals surface area contributed by atoms with Crippen molar-refractivity contribution in [3.05, 3.63) is 34.3 Å². The molecule has 1 nitrogen and oxygen atoms in total. The Kier molecular flexibility index (Phi) is 3.17. The van der Waals surface area contributed by atoms with Crippen molar-refractivity contribution in [2.45, 2.75) is 32.2 Å². The number of hydrogen-bond donors (Lipinski definition) is 1. The third kappa shape index (κ3) is 2.26. The molecule has 1 unspecified atom stereocenters. The average Bonchev–Trinajstić information content (AvgIpc) is 2.11. The molecule has 0 aromatic heterocycles. The maximum atomic E-state index is 3.61. The summed E-state index contributed by atoms with van der Waals surface area (Å²) in [6, 6.07) is 8.64. The van der Waals surface area contributed by atoms with E-state index in [1.807, 2.05) is 0 Å².